The zero-order valence-electron chi connectivity index (χ0n) is 18.5. The van der Waals surface area contributed by atoms with Gasteiger partial charge in [0, 0.05) is 0 Å². The van der Waals surface area contributed by atoms with Crippen LogP contribution in [0, 0.1) is 5.92 Å². The first-order valence-electron chi connectivity index (χ1n) is 10.9. The molecule has 3 amide bonds. The van der Waals surface area contributed by atoms with Gasteiger partial charge in [-0.25, -0.2) is 4.98 Å². The summed E-state index contributed by atoms with van der Waals surface area (Å²) in [6, 6.07) is 26.1. The van der Waals surface area contributed by atoms with E-state index < -0.39 is 11.8 Å². The molecule has 0 saturated heterocycles. The number of amidine groups is 1. The van der Waals surface area contributed by atoms with Crippen molar-refractivity contribution in [3.63, 3.8) is 0 Å². The van der Waals surface area contributed by atoms with Crippen LogP contribution in [-0.4, -0.2) is 33.6 Å². The molecular formula is C26H20N4O3S2. The first-order chi connectivity index (χ1) is 17.1. The lowest BCUT2D eigenvalue weighted by molar-refractivity contribution is -0.132. The van der Waals surface area contributed by atoms with Gasteiger partial charge in [0.2, 0.25) is 11.8 Å². The van der Waals surface area contributed by atoms with Crippen molar-refractivity contribution >= 4 is 67.0 Å². The molecule has 1 aromatic heterocycles. The molecule has 1 atom stereocenters. The van der Waals surface area contributed by atoms with Crippen LogP contribution < -0.4 is 10.2 Å². The fraction of sp³-hybridized carbons (Fsp3) is 0.115. The number of nitrogens with one attached hydrogen (secondary N) is 1. The summed E-state index contributed by atoms with van der Waals surface area (Å²) in [5, 5.41) is 3.48. The van der Waals surface area contributed by atoms with Crippen molar-refractivity contribution in [1.82, 2.24) is 4.98 Å². The molecular weight excluding hydrogens is 480 g/mol. The number of hydrogen-bond donors (Lipinski definition) is 1. The zero-order valence-corrected chi connectivity index (χ0v) is 20.1. The third kappa shape index (κ3) is 5.16. The molecule has 1 aliphatic rings. The lowest BCUT2D eigenvalue weighted by Crippen LogP contribution is -2.47. The Balaban J connectivity index is 1.34. The van der Waals surface area contributed by atoms with Crippen molar-refractivity contribution in [2.24, 2.45) is 10.9 Å². The maximum Gasteiger partial charge on any atom is 0.261 e. The van der Waals surface area contributed by atoms with Gasteiger partial charge in [-0.3, -0.25) is 19.3 Å². The number of carbonyl (C=O) groups is 3. The summed E-state index contributed by atoms with van der Waals surface area (Å²) in [6.07, 6.45) is 0.265. The normalized spacial score (nSPS) is 15.8. The number of thiazole rings is 1. The Labute approximate surface area is 209 Å². The zero-order chi connectivity index (χ0) is 24.2. The SMILES string of the molecule is O=C(CSC1=NC(=O)C(Cc2ccccc2)C(=O)N1c1ccccc1)Nc1nc2ccccc2s1. The van der Waals surface area contributed by atoms with Crippen LogP contribution in [0.5, 0.6) is 0 Å². The molecule has 5 rings (SSSR count). The van der Waals surface area contributed by atoms with E-state index in [0.29, 0.717) is 10.8 Å². The summed E-state index contributed by atoms with van der Waals surface area (Å²) in [7, 11) is 0. The fourth-order valence-corrected chi connectivity index (χ4v) is 5.42. The van der Waals surface area contributed by atoms with Gasteiger partial charge in [-0.05, 0) is 36.2 Å². The Morgan fingerprint density at radius 1 is 0.943 bits per heavy atom. The third-order valence-electron chi connectivity index (χ3n) is 5.38. The van der Waals surface area contributed by atoms with E-state index >= 15 is 0 Å². The van der Waals surface area contributed by atoms with E-state index in [1.807, 2.05) is 72.8 Å². The topological polar surface area (TPSA) is 91.7 Å². The first kappa shape index (κ1) is 22.9. The van der Waals surface area contributed by atoms with Crippen LogP contribution in [0.15, 0.2) is 89.9 Å². The van der Waals surface area contributed by atoms with Crippen molar-refractivity contribution in [3.05, 3.63) is 90.5 Å². The van der Waals surface area contributed by atoms with Crippen molar-refractivity contribution in [1.29, 1.82) is 0 Å². The molecule has 0 radical (unpaired) electrons. The summed E-state index contributed by atoms with van der Waals surface area (Å²) >= 11 is 2.43. The molecule has 1 unspecified atom stereocenters. The van der Waals surface area contributed by atoms with E-state index in [1.54, 1.807) is 12.1 Å². The minimum atomic E-state index is -0.918. The maximum atomic E-state index is 13.5. The molecule has 0 spiro atoms. The Morgan fingerprint density at radius 2 is 1.63 bits per heavy atom. The van der Waals surface area contributed by atoms with Crippen LogP contribution in [0.3, 0.4) is 0 Å². The molecule has 0 aliphatic carbocycles. The van der Waals surface area contributed by atoms with Crippen LogP contribution in [-0.2, 0) is 20.8 Å². The Bertz CT molecular complexity index is 1390. The van der Waals surface area contributed by atoms with Gasteiger partial charge in [-0.2, -0.15) is 4.99 Å². The van der Waals surface area contributed by atoms with Crippen LogP contribution >= 0.6 is 23.1 Å². The quantitative estimate of drug-likeness (QED) is 0.386. The van der Waals surface area contributed by atoms with Crippen molar-refractivity contribution in [2.75, 3.05) is 16.0 Å². The second-order valence-electron chi connectivity index (χ2n) is 7.81. The predicted molar refractivity (Wildman–Crippen MR) is 141 cm³/mol. The van der Waals surface area contributed by atoms with Gasteiger partial charge in [0.1, 0.15) is 5.92 Å². The molecule has 0 bridgehead atoms. The Kier molecular flexibility index (Phi) is 6.69. The molecule has 35 heavy (non-hydrogen) atoms. The number of para-hydroxylation sites is 2. The van der Waals surface area contributed by atoms with E-state index in [0.717, 1.165) is 27.5 Å². The van der Waals surface area contributed by atoms with E-state index in [2.05, 4.69) is 15.3 Å². The number of aliphatic imine (C=N–C) groups is 1. The largest absolute Gasteiger partial charge is 0.301 e. The molecule has 0 saturated carbocycles. The van der Waals surface area contributed by atoms with Crippen LogP contribution in [0.25, 0.3) is 10.2 Å². The summed E-state index contributed by atoms with van der Waals surface area (Å²) in [6.45, 7) is 0. The molecule has 4 aromatic rings. The van der Waals surface area contributed by atoms with Crippen molar-refractivity contribution in [3.8, 4) is 0 Å². The number of thioether (sulfide) groups is 1. The van der Waals surface area contributed by atoms with Gasteiger partial charge in [-0.15, -0.1) is 0 Å². The number of fused-ring (bicyclic) bond motifs is 1. The minimum Gasteiger partial charge on any atom is -0.301 e. The lowest BCUT2D eigenvalue weighted by atomic mass is 9.96. The van der Waals surface area contributed by atoms with Gasteiger partial charge < -0.3 is 5.32 Å². The van der Waals surface area contributed by atoms with Crippen molar-refractivity contribution < 1.29 is 14.4 Å². The van der Waals surface area contributed by atoms with E-state index in [9.17, 15) is 14.4 Å². The van der Waals surface area contributed by atoms with E-state index in [-0.39, 0.29) is 29.2 Å². The smallest absolute Gasteiger partial charge is 0.261 e. The van der Waals surface area contributed by atoms with Gasteiger partial charge in [0.05, 0.1) is 21.7 Å². The molecule has 0 fully saturated rings. The number of amides is 3. The molecule has 3 aromatic carbocycles. The first-order valence-corrected chi connectivity index (χ1v) is 12.7. The van der Waals surface area contributed by atoms with Crippen molar-refractivity contribution in [2.45, 2.75) is 6.42 Å². The molecule has 2 heterocycles. The van der Waals surface area contributed by atoms with Gasteiger partial charge >= 0.3 is 0 Å². The molecule has 7 nitrogen and oxygen atoms in total. The second kappa shape index (κ2) is 10.2. The second-order valence-corrected chi connectivity index (χ2v) is 9.78. The lowest BCUT2D eigenvalue weighted by Gasteiger charge is -2.30. The highest BCUT2D eigenvalue weighted by atomic mass is 32.2. The monoisotopic (exact) mass is 500 g/mol. The van der Waals surface area contributed by atoms with Gasteiger partial charge in [-0.1, -0.05) is 83.8 Å². The molecule has 174 valence electrons. The summed E-state index contributed by atoms with van der Waals surface area (Å²) in [4.78, 5) is 49.1. The minimum absolute atomic E-state index is 0.0258. The molecule has 9 heteroatoms. The van der Waals surface area contributed by atoms with Crippen LogP contribution in [0.4, 0.5) is 10.8 Å². The highest BCUT2D eigenvalue weighted by Gasteiger charge is 2.39. The summed E-state index contributed by atoms with van der Waals surface area (Å²) in [5.74, 6) is -2.09. The van der Waals surface area contributed by atoms with E-state index in [4.69, 9.17) is 0 Å². The van der Waals surface area contributed by atoms with Gasteiger partial charge in [0.25, 0.3) is 5.91 Å². The number of nitrogens with zero attached hydrogens (tertiary/aromatic N) is 3. The van der Waals surface area contributed by atoms with Gasteiger partial charge in [0.15, 0.2) is 10.3 Å². The standard InChI is InChI=1S/C26H20N4O3S2/c31-22(28-25-27-20-13-7-8-14-21(20)35-25)16-34-26-29-23(32)19(15-17-9-3-1-4-10-17)24(33)30(26)18-11-5-2-6-12-18/h1-14,19H,15-16H2,(H,27,28,31). The highest BCUT2D eigenvalue weighted by Crippen LogP contribution is 2.29. The third-order valence-corrected chi connectivity index (χ3v) is 7.27. The Morgan fingerprint density at radius 3 is 2.37 bits per heavy atom. The summed E-state index contributed by atoms with van der Waals surface area (Å²) < 4.78 is 0.975. The number of benzene rings is 3. The number of aromatic nitrogens is 1. The fourth-order valence-electron chi connectivity index (χ4n) is 3.73. The summed E-state index contributed by atoms with van der Waals surface area (Å²) in [5.41, 5.74) is 2.29. The van der Waals surface area contributed by atoms with Crippen LogP contribution in [0.1, 0.15) is 5.56 Å². The highest BCUT2D eigenvalue weighted by molar-refractivity contribution is 8.14. The predicted octanol–water partition coefficient (Wildman–Crippen LogP) is 4.76. The number of carbonyl (C=O) groups excluding carboxylic acids is 3. The number of anilines is 2. The number of hydrogen-bond acceptors (Lipinski definition) is 6. The Hall–Kier alpha value is -3.82. The molecule has 1 N–H and O–H groups in total. The molecule has 1 aliphatic heterocycles. The average molecular weight is 501 g/mol. The van der Waals surface area contributed by atoms with E-state index in [1.165, 1.54) is 16.2 Å². The average Bonchev–Trinajstić information content (AvgIpc) is 3.28. The number of rotatable bonds is 6. The van der Waals surface area contributed by atoms with Crippen LogP contribution in [0.2, 0.25) is 0 Å². The maximum absolute atomic E-state index is 13.5.